The molecule has 0 amide bonds. The fraction of sp³-hybridized carbons (Fsp3) is 0.250. The van der Waals surface area contributed by atoms with Gasteiger partial charge in [0.15, 0.2) is 0 Å². The van der Waals surface area contributed by atoms with Crippen LogP contribution >= 0.6 is 11.6 Å². The summed E-state index contributed by atoms with van der Waals surface area (Å²) in [6.07, 6.45) is 1.56. The minimum absolute atomic E-state index is 0.192. The van der Waals surface area contributed by atoms with Crippen molar-refractivity contribution in [2.45, 2.75) is 12.8 Å². The van der Waals surface area contributed by atoms with Crippen LogP contribution in [0.5, 0.6) is 0 Å². The minimum Gasteiger partial charge on any atom is -0.316 e. The lowest BCUT2D eigenvalue weighted by molar-refractivity contribution is -0.385. The number of halogens is 1. The molecule has 110 valence electrons. The molecule has 5 heteroatoms. The lowest BCUT2D eigenvalue weighted by atomic mass is 10.1. The Morgan fingerprint density at radius 2 is 1.67 bits per heavy atom. The summed E-state index contributed by atoms with van der Waals surface area (Å²) in [5, 5.41) is 14.9. The molecule has 1 N–H and O–H groups in total. The maximum Gasteiger partial charge on any atom is 0.272 e. The van der Waals surface area contributed by atoms with Crippen molar-refractivity contribution in [3.63, 3.8) is 0 Å². The Bertz CT molecular complexity index is 599. The monoisotopic (exact) mass is 304 g/mol. The third-order valence-corrected chi connectivity index (χ3v) is 3.52. The van der Waals surface area contributed by atoms with Gasteiger partial charge in [-0.25, -0.2) is 0 Å². The van der Waals surface area contributed by atoms with Crippen molar-refractivity contribution in [1.82, 2.24) is 5.32 Å². The highest BCUT2D eigenvalue weighted by Crippen LogP contribution is 2.17. The van der Waals surface area contributed by atoms with Crippen molar-refractivity contribution >= 4 is 17.3 Å². The third kappa shape index (κ3) is 4.85. The quantitative estimate of drug-likeness (QED) is 0.483. The van der Waals surface area contributed by atoms with Gasteiger partial charge in [0.25, 0.3) is 5.69 Å². The van der Waals surface area contributed by atoms with E-state index in [1.165, 1.54) is 5.56 Å². The SMILES string of the molecule is O=[N+]([O-])c1ccccc1CCNCCc1ccc(Cl)cc1. The average Bonchev–Trinajstić information content (AvgIpc) is 2.49. The minimum atomic E-state index is -0.330. The van der Waals surface area contributed by atoms with Crippen molar-refractivity contribution < 1.29 is 4.92 Å². The van der Waals surface area contributed by atoms with Crippen LogP contribution in [0.2, 0.25) is 5.02 Å². The Morgan fingerprint density at radius 3 is 2.38 bits per heavy atom. The molecule has 0 heterocycles. The maximum absolute atomic E-state index is 10.9. The van der Waals surface area contributed by atoms with Gasteiger partial charge in [0.1, 0.15) is 0 Å². The molecule has 2 aromatic rings. The maximum atomic E-state index is 10.9. The smallest absolute Gasteiger partial charge is 0.272 e. The van der Waals surface area contributed by atoms with Crippen molar-refractivity contribution in [2.24, 2.45) is 0 Å². The Morgan fingerprint density at radius 1 is 1.00 bits per heavy atom. The molecule has 0 bridgehead atoms. The first-order chi connectivity index (χ1) is 10.2. The fourth-order valence-electron chi connectivity index (χ4n) is 2.13. The zero-order chi connectivity index (χ0) is 15.1. The van der Waals surface area contributed by atoms with Gasteiger partial charge in [-0.15, -0.1) is 0 Å². The summed E-state index contributed by atoms with van der Waals surface area (Å²) in [6.45, 7) is 1.56. The van der Waals surface area contributed by atoms with E-state index in [0.717, 1.165) is 30.1 Å². The molecule has 0 aliphatic rings. The predicted molar refractivity (Wildman–Crippen MR) is 84.8 cm³/mol. The summed E-state index contributed by atoms with van der Waals surface area (Å²) < 4.78 is 0. The second-order valence-corrected chi connectivity index (χ2v) is 5.20. The molecule has 0 saturated heterocycles. The molecular formula is C16H17ClN2O2. The number of nitrogens with one attached hydrogen (secondary N) is 1. The molecule has 0 aliphatic heterocycles. The van der Waals surface area contributed by atoms with E-state index in [1.807, 2.05) is 30.3 Å². The molecular weight excluding hydrogens is 288 g/mol. The zero-order valence-electron chi connectivity index (χ0n) is 11.6. The van der Waals surface area contributed by atoms with Gasteiger partial charge in [0, 0.05) is 16.7 Å². The number of hydrogen-bond acceptors (Lipinski definition) is 3. The summed E-state index contributed by atoms with van der Waals surface area (Å²) in [7, 11) is 0. The molecule has 0 spiro atoms. The van der Waals surface area contributed by atoms with Crippen molar-refractivity contribution in [3.05, 3.63) is 74.8 Å². The lowest BCUT2D eigenvalue weighted by Gasteiger charge is -2.06. The number of para-hydroxylation sites is 1. The number of nitro groups is 1. The van der Waals surface area contributed by atoms with E-state index in [9.17, 15) is 10.1 Å². The highest BCUT2D eigenvalue weighted by atomic mass is 35.5. The number of nitro benzene ring substituents is 1. The summed E-state index contributed by atoms with van der Waals surface area (Å²) in [6, 6.07) is 14.6. The van der Waals surface area contributed by atoms with E-state index in [-0.39, 0.29) is 10.6 Å². The second kappa shape index (κ2) is 7.76. The van der Waals surface area contributed by atoms with E-state index >= 15 is 0 Å². The molecule has 4 nitrogen and oxygen atoms in total. The van der Waals surface area contributed by atoms with E-state index in [4.69, 9.17) is 11.6 Å². The van der Waals surface area contributed by atoms with Gasteiger partial charge >= 0.3 is 0 Å². The molecule has 2 aromatic carbocycles. The molecule has 2 rings (SSSR count). The Hall–Kier alpha value is -1.91. The van der Waals surface area contributed by atoms with Gasteiger partial charge in [-0.05, 0) is 43.6 Å². The summed E-state index contributed by atoms with van der Waals surface area (Å²) in [4.78, 5) is 10.6. The standard InChI is InChI=1S/C16H17ClN2O2/c17-15-7-5-13(6-8-15)9-11-18-12-10-14-3-1-2-4-16(14)19(20)21/h1-8,18H,9-12H2. The first kappa shape index (κ1) is 15.5. The van der Waals surface area contributed by atoms with E-state index < -0.39 is 0 Å². The molecule has 0 radical (unpaired) electrons. The van der Waals surface area contributed by atoms with Crippen LogP contribution in [0, 0.1) is 10.1 Å². The average molecular weight is 305 g/mol. The molecule has 0 atom stereocenters. The Kier molecular flexibility index (Phi) is 5.72. The van der Waals surface area contributed by atoms with Crippen LogP contribution in [0.1, 0.15) is 11.1 Å². The van der Waals surface area contributed by atoms with Gasteiger partial charge in [-0.2, -0.15) is 0 Å². The van der Waals surface area contributed by atoms with E-state index in [1.54, 1.807) is 18.2 Å². The fourth-order valence-corrected chi connectivity index (χ4v) is 2.26. The highest BCUT2D eigenvalue weighted by Gasteiger charge is 2.11. The molecule has 0 saturated carbocycles. The largest absolute Gasteiger partial charge is 0.316 e. The summed E-state index contributed by atoms with van der Waals surface area (Å²) in [5.41, 5.74) is 2.18. The van der Waals surface area contributed by atoms with Gasteiger partial charge in [0.05, 0.1) is 4.92 Å². The van der Waals surface area contributed by atoms with Crippen LogP contribution in [-0.4, -0.2) is 18.0 Å². The molecule has 0 unspecified atom stereocenters. The van der Waals surface area contributed by atoms with Crippen LogP contribution in [-0.2, 0) is 12.8 Å². The first-order valence-corrected chi connectivity index (χ1v) is 7.22. The molecule has 0 aliphatic carbocycles. The van der Waals surface area contributed by atoms with Crippen LogP contribution < -0.4 is 5.32 Å². The molecule has 21 heavy (non-hydrogen) atoms. The van der Waals surface area contributed by atoms with Crippen LogP contribution in [0.25, 0.3) is 0 Å². The first-order valence-electron chi connectivity index (χ1n) is 6.84. The van der Waals surface area contributed by atoms with Gasteiger partial charge in [-0.1, -0.05) is 41.9 Å². The van der Waals surface area contributed by atoms with Crippen molar-refractivity contribution in [1.29, 1.82) is 0 Å². The number of rotatable bonds is 7. The predicted octanol–water partition coefficient (Wildman–Crippen LogP) is 3.62. The Balaban J connectivity index is 1.75. The van der Waals surface area contributed by atoms with Crippen LogP contribution in [0.15, 0.2) is 48.5 Å². The van der Waals surface area contributed by atoms with Gasteiger partial charge < -0.3 is 5.32 Å². The number of benzene rings is 2. The number of hydrogen-bond donors (Lipinski definition) is 1. The normalized spacial score (nSPS) is 10.5. The molecule has 0 aromatic heterocycles. The summed E-state index contributed by atoms with van der Waals surface area (Å²) in [5.74, 6) is 0. The van der Waals surface area contributed by atoms with Gasteiger partial charge in [-0.3, -0.25) is 10.1 Å². The van der Waals surface area contributed by atoms with E-state index in [2.05, 4.69) is 5.32 Å². The second-order valence-electron chi connectivity index (χ2n) is 4.76. The third-order valence-electron chi connectivity index (χ3n) is 3.26. The van der Waals surface area contributed by atoms with Crippen LogP contribution in [0.4, 0.5) is 5.69 Å². The Labute approximate surface area is 128 Å². The van der Waals surface area contributed by atoms with Crippen LogP contribution in [0.3, 0.4) is 0 Å². The lowest BCUT2D eigenvalue weighted by Crippen LogP contribution is -2.20. The molecule has 0 fully saturated rings. The van der Waals surface area contributed by atoms with Crippen molar-refractivity contribution in [3.8, 4) is 0 Å². The topological polar surface area (TPSA) is 55.2 Å². The summed E-state index contributed by atoms with van der Waals surface area (Å²) >= 11 is 5.83. The number of nitrogens with zero attached hydrogens (tertiary/aromatic N) is 1. The zero-order valence-corrected chi connectivity index (χ0v) is 12.3. The van der Waals surface area contributed by atoms with Crippen molar-refractivity contribution in [2.75, 3.05) is 13.1 Å². The highest BCUT2D eigenvalue weighted by molar-refractivity contribution is 6.30. The van der Waals surface area contributed by atoms with Gasteiger partial charge in [0.2, 0.25) is 0 Å². The van der Waals surface area contributed by atoms with E-state index in [0.29, 0.717) is 6.42 Å².